The number of amides is 2. The molecule has 0 heterocycles. The van der Waals surface area contributed by atoms with Gasteiger partial charge in [-0.3, -0.25) is 10.2 Å². The van der Waals surface area contributed by atoms with Crippen molar-refractivity contribution in [3.63, 3.8) is 0 Å². The Morgan fingerprint density at radius 3 is 2.11 bits per heavy atom. The first-order chi connectivity index (χ1) is 12.8. The molecule has 3 N–H and O–H groups in total. The Bertz CT molecular complexity index is 752. The number of benzene rings is 2. The van der Waals surface area contributed by atoms with E-state index in [4.69, 9.17) is 0 Å². The normalized spacial score (nSPS) is 12.1. The fraction of sp³-hybridized carbons (Fsp3) is 0.333. The Hall–Kier alpha value is -2.86. The lowest BCUT2D eigenvalue weighted by Gasteiger charge is -2.29. The first-order valence-corrected chi connectivity index (χ1v) is 8.83. The highest BCUT2D eigenvalue weighted by Gasteiger charge is 2.33. The van der Waals surface area contributed by atoms with E-state index < -0.39 is 17.6 Å². The van der Waals surface area contributed by atoms with E-state index in [9.17, 15) is 9.59 Å². The summed E-state index contributed by atoms with van der Waals surface area (Å²) >= 11 is 0. The molecule has 27 heavy (non-hydrogen) atoms. The maximum absolute atomic E-state index is 12.4. The first-order valence-electron chi connectivity index (χ1n) is 8.83. The summed E-state index contributed by atoms with van der Waals surface area (Å²) in [5, 5.41) is 2.57. The second kappa shape index (κ2) is 9.19. The molecule has 0 spiro atoms. The zero-order chi connectivity index (χ0) is 19.9. The van der Waals surface area contributed by atoms with Crippen LogP contribution in [0.2, 0.25) is 0 Å². The summed E-state index contributed by atoms with van der Waals surface area (Å²) in [7, 11) is 1.27. The van der Waals surface area contributed by atoms with Gasteiger partial charge in [0.15, 0.2) is 0 Å². The van der Waals surface area contributed by atoms with E-state index in [1.54, 1.807) is 0 Å². The van der Waals surface area contributed by atoms with E-state index in [2.05, 4.69) is 33.0 Å². The van der Waals surface area contributed by atoms with Crippen LogP contribution in [0.15, 0.2) is 54.6 Å². The van der Waals surface area contributed by atoms with Crippen molar-refractivity contribution in [1.82, 2.24) is 16.2 Å². The average molecular weight is 369 g/mol. The van der Waals surface area contributed by atoms with Crippen LogP contribution < -0.4 is 16.2 Å². The van der Waals surface area contributed by atoms with Crippen molar-refractivity contribution in [2.24, 2.45) is 5.41 Å². The molecule has 0 fully saturated rings. The smallest absolute Gasteiger partial charge is 0.407 e. The van der Waals surface area contributed by atoms with Crippen LogP contribution in [-0.2, 0) is 16.1 Å². The van der Waals surface area contributed by atoms with Crippen LogP contribution in [0.4, 0.5) is 4.79 Å². The van der Waals surface area contributed by atoms with E-state index in [0.717, 1.165) is 16.7 Å². The van der Waals surface area contributed by atoms with Crippen molar-refractivity contribution in [1.29, 1.82) is 0 Å². The minimum Gasteiger partial charge on any atom is -0.453 e. The van der Waals surface area contributed by atoms with Gasteiger partial charge in [0.1, 0.15) is 6.04 Å². The molecule has 6 nitrogen and oxygen atoms in total. The molecule has 0 aliphatic carbocycles. The molecule has 0 saturated carbocycles. The van der Waals surface area contributed by atoms with Crippen molar-refractivity contribution in [2.45, 2.75) is 33.4 Å². The van der Waals surface area contributed by atoms with Crippen molar-refractivity contribution in [3.8, 4) is 11.1 Å². The van der Waals surface area contributed by atoms with Crippen LogP contribution in [0.5, 0.6) is 0 Å². The Balaban J connectivity index is 1.90. The van der Waals surface area contributed by atoms with Crippen LogP contribution in [0.3, 0.4) is 0 Å². The number of rotatable bonds is 6. The number of hydrazine groups is 1. The monoisotopic (exact) mass is 369 g/mol. The second-order valence-electron chi connectivity index (χ2n) is 7.34. The van der Waals surface area contributed by atoms with Gasteiger partial charge >= 0.3 is 6.09 Å². The Kier molecular flexibility index (Phi) is 6.96. The van der Waals surface area contributed by atoms with Gasteiger partial charge in [0.05, 0.1) is 7.11 Å². The fourth-order valence-electron chi connectivity index (χ4n) is 2.60. The van der Waals surface area contributed by atoms with Gasteiger partial charge in [0.2, 0.25) is 0 Å². The van der Waals surface area contributed by atoms with Crippen LogP contribution in [-0.4, -0.2) is 25.2 Å². The fourth-order valence-corrected chi connectivity index (χ4v) is 2.60. The molecule has 2 aromatic rings. The van der Waals surface area contributed by atoms with E-state index in [1.165, 1.54) is 7.11 Å². The van der Waals surface area contributed by atoms with Crippen molar-refractivity contribution < 1.29 is 14.3 Å². The molecule has 0 bridgehead atoms. The highest BCUT2D eigenvalue weighted by atomic mass is 16.5. The third-order valence-corrected chi connectivity index (χ3v) is 4.14. The topological polar surface area (TPSA) is 79.5 Å². The van der Waals surface area contributed by atoms with E-state index in [-0.39, 0.29) is 5.91 Å². The van der Waals surface area contributed by atoms with Crippen molar-refractivity contribution in [3.05, 3.63) is 60.2 Å². The number of hydrogen-bond acceptors (Lipinski definition) is 4. The van der Waals surface area contributed by atoms with Gasteiger partial charge in [-0.2, -0.15) is 0 Å². The number of nitrogens with one attached hydrogen (secondary N) is 3. The van der Waals surface area contributed by atoms with Gasteiger partial charge in [-0.25, -0.2) is 10.2 Å². The van der Waals surface area contributed by atoms with Gasteiger partial charge in [0.25, 0.3) is 5.91 Å². The van der Waals surface area contributed by atoms with Gasteiger partial charge < -0.3 is 10.1 Å². The Labute approximate surface area is 160 Å². The molecule has 2 rings (SSSR count). The molecular weight excluding hydrogens is 342 g/mol. The summed E-state index contributed by atoms with van der Waals surface area (Å²) in [6, 6.07) is 17.5. The summed E-state index contributed by atoms with van der Waals surface area (Å²) in [6.07, 6.45) is -0.637. The van der Waals surface area contributed by atoms with Gasteiger partial charge in [-0.15, -0.1) is 0 Å². The van der Waals surface area contributed by atoms with Crippen molar-refractivity contribution >= 4 is 12.0 Å². The van der Waals surface area contributed by atoms with Gasteiger partial charge in [0, 0.05) is 6.54 Å². The van der Waals surface area contributed by atoms with Crippen LogP contribution >= 0.6 is 0 Å². The standard InChI is InChI=1S/C21H27N3O3/c1-21(2,3)18(23-20(26)27-4)19(25)24-22-14-15-10-12-17(13-11-15)16-8-6-5-7-9-16/h5-13,18,22H,14H2,1-4H3,(H,23,26)(H,24,25). The maximum Gasteiger partial charge on any atom is 0.407 e. The number of methoxy groups -OCH3 is 1. The zero-order valence-electron chi connectivity index (χ0n) is 16.2. The molecule has 0 saturated heterocycles. The molecular formula is C21H27N3O3. The van der Waals surface area contributed by atoms with Crippen LogP contribution in [0.1, 0.15) is 26.3 Å². The number of carbonyl (C=O) groups excluding carboxylic acids is 2. The number of hydrogen-bond donors (Lipinski definition) is 3. The van der Waals surface area contributed by atoms with E-state index in [0.29, 0.717) is 6.54 Å². The predicted octanol–water partition coefficient (Wildman–Crippen LogP) is 3.25. The van der Waals surface area contributed by atoms with Crippen LogP contribution in [0, 0.1) is 5.41 Å². The molecule has 1 unspecified atom stereocenters. The lowest BCUT2D eigenvalue weighted by Crippen LogP contribution is -2.56. The molecule has 6 heteroatoms. The maximum atomic E-state index is 12.4. The highest BCUT2D eigenvalue weighted by molar-refractivity contribution is 5.86. The Morgan fingerprint density at radius 2 is 1.56 bits per heavy atom. The summed E-state index contributed by atoms with van der Waals surface area (Å²) in [5.41, 5.74) is 8.43. The number of carbonyl (C=O) groups is 2. The molecule has 2 aromatic carbocycles. The largest absolute Gasteiger partial charge is 0.453 e. The van der Waals surface area contributed by atoms with E-state index >= 15 is 0 Å². The highest BCUT2D eigenvalue weighted by Crippen LogP contribution is 2.20. The number of alkyl carbamates (subject to hydrolysis) is 1. The summed E-state index contributed by atoms with van der Waals surface area (Å²) < 4.78 is 4.60. The summed E-state index contributed by atoms with van der Waals surface area (Å²) in [5.74, 6) is -0.325. The molecule has 144 valence electrons. The lowest BCUT2D eigenvalue weighted by atomic mass is 9.86. The van der Waals surface area contributed by atoms with Gasteiger partial charge in [-0.05, 0) is 22.1 Å². The van der Waals surface area contributed by atoms with Crippen LogP contribution in [0.25, 0.3) is 11.1 Å². The Morgan fingerprint density at radius 1 is 0.963 bits per heavy atom. The minimum absolute atomic E-state index is 0.325. The number of ether oxygens (including phenoxy) is 1. The summed E-state index contributed by atoms with van der Waals surface area (Å²) in [4.78, 5) is 23.9. The lowest BCUT2D eigenvalue weighted by molar-refractivity contribution is -0.126. The molecule has 0 aliphatic rings. The average Bonchev–Trinajstić information content (AvgIpc) is 2.66. The third kappa shape index (κ3) is 6.11. The molecule has 2 amide bonds. The molecule has 1 atom stereocenters. The quantitative estimate of drug-likeness (QED) is 0.683. The molecule has 0 aromatic heterocycles. The van der Waals surface area contributed by atoms with Crippen molar-refractivity contribution in [2.75, 3.05) is 7.11 Å². The first kappa shape index (κ1) is 20.5. The predicted molar refractivity (Wildman–Crippen MR) is 106 cm³/mol. The SMILES string of the molecule is COC(=O)NC(C(=O)NNCc1ccc(-c2ccccc2)cc1)C(C)(C)C. The zero-order valence-corrected chi connectivity index (χ0v) is 16.2. The third-order valence-electron chi connectivity index (χ3n) is 4.14. The minimum atomic E-state index is -0.724. The molecule has 0 radical (unpaired) electrons. The second-order valence-corrected chi connectivity index (χ2v) is 7.34. The summed E-state index contributed by atoms with van der Waals surface area (Å²) in [6.45, 7) is 6.08. The molecule has 0 aliphatic heterocycles. The van der Waals surface area contributed by atoms with E-state index in [1.807, 2.05) is 63.2 Å². The van der Waals surface area contributed by atoms with Gasteiger partial charge in [-0.1, -0.05) is 75.4 Å².